The fourth-order valence-electron chi connectivity index (χ4n) is 2.50. The van der Waals surface area contributed by atoms with Gasteiger partial charge in [0, 0.05) is 11.6 Å². The predicted octanol–water partition coefficient (Wildman–Crippen LogP) is 2.97. The lowest BCUT2D eigenvalue weighted by molar-refractivity contribution is -0.154. The number of nitrogens with two attached hydrogens (primary N) is 1. The maximum atomic E-state index is 12.3. The molecule has 0 saturated heterocycles. The van der Waals surface area contributed by atoms with Crippen LogP contribution in [0, 0.1) is 6.07 Å². The first-order chi connectivity index (χ1) is 9.87. The van der Waals surface area contributed by atoms with E-state index in [0.717, 1.165) is 32.1 Å². The van der Waals surface area contributed by atoms with E-state index in [9.17, 15) is 18.0 Å². The number of ether oxygens (including phenoxy) is 1. The lowest BCUT2D eigenvalue weighted by Crippen LogP contribution is -2.22. The van der Waals surface area contributed by atoms with Crippen molar-refractivity contribution in [3.8, 4) is 5.88 Å². The van der Waals surface area contributed by atoms with E-state index >= 15 is 0 Å². The van der Waals surface area contributed by atoms with Crippen molar-refractivity contribution in [1.29, 1.82) is 0 Å². The van der Waals surface area contributed by atoms with Crippen LogP contribution in [-0.4, -0.2) is 23.7 Å². The van der Waals surface area contributed by atoms with Crippen molar-refractivity contribution in [2.45, 2.75) is 44.2 Å². The molecule has 0 unspecified atom stereocenters. The molecule has 0 atom stereocenters. The molecule has 2 rings (SSSR count). The van der Waals surface area contributed by atoms with Gasteiger partial charge in [-0.25, -0.2) is 4.98 Å². The first-order valence-corrected chi connectivity index (χ1v) is 6.79. The first-order valence-electron chi connectivity index (χ1n) is 6.79. The summed E-state index contributed by atoms with van der Waals surface area (Å²) in [7, 11) is 0. The molecule has 1 fully saturated rings. The number of carbonyl (C=O) groups is 1. The van der Waals surface area contributed by atoms with Crippen LogP contribution < -0.4 is 10.5 Å². The van der Waals surface area contributed by atoms with Gasteiger partial charge < -0.3 is 10.5 Å². The number of primary amides is 1. The van der Waals surface area contributed by atoms with Crippen molar-refractivity contribution in [3.05, 3.63) is 23.4 Å². The van der Waals surface area contributed by atoms with Gasteiger partial charge in [0.15, 0.2) is 6.61 Å². The van der Waals surface area contributed by atoms with Gasteiger partial charge in [-0.3, -0.25) is 4.79 Å². The van der Waals surface area contributed by atoms with E-state index < -0.39 is 18.7 Å². The molecule has 1 saturated carbocycles. The van der Waals surface area contributed by atoms with Gasteiger partial charge in [0.25, 0.3) is 5.91 Å². The molecule has 4 nitrogen and oxygen atoms in total. The normalized spacial score (nSPS) is 16.7. The standard InChI is InChI=1S/C14H16F3N2O2/c15-14(16,17)8-21-13-10(9-4-2-1-3-5-9)6-7-11(19-13)12(18)20/h6,9H,1-5,8H2,(H2,18,20). The third-order valence-corrected chi connectivity index (χ3v) is 3.48. The van der Waals surface area contributed by atoms with Gasteiger partial charge in [0.05, 0.1) is 0 Å². The van der Waals surface area contributed by atoms with Crippen molar-refractivity contribution < 1.29 is 22.7 Å². The Morgan fingerprint density at radius 3 is 2.62 bits per heavy atom. The Bertz CT molecular complexity index is 511. The van der Waals surface area contributed by atoms with E-state index in [2.05, 4.69) is 11.1 Å². The monoisotopic (exact) mass is 301 g/mol. The number of pyridine rings is 1. The van der Waals surface area contributed by atoms with E-state index in [1.54, 1.807) is 0 Å². The highest BCUT2D eigenvalue weighted by Crippen LogP contribution is 2.37. The highest BCUT2D eigenvalue weighted by atomic mass is 19.4. The van der Waals surface area contributed by atoms with Crippen LogP contribution in [0.2, 0.25) is 0 Å². The highest BCUT2D eigenvalue weighted by Gasteiger charge is 2.30. The Kier molecular flexibility index (Phi) is 4.69. The van der Waals surface area contributed by atoms with E-state index in [4.69, 9.17) is 10.5 Å². The topological polar surface area (TPSA) is 65.2 Å². The van der Waals surface area contributed by atoms with Gasteiger partial charge in [-0.1, -0.05) is 19.3 Å². The Balaban J connectivity index is 2.26. The minimum Gasteiger partial charge on any atom is -0.468 e. The van der Waals surface area contributed by atoms with Crippen molar-refractivity contribution in [3.63, 3.8) is 0 Å². The quantitative estimate of drug-likeness (QED) is 0.929. The molecular weight excluding hydrogens is 285 g/mol. The molecule has 1 heterocycles. The zero-order chi connectivity index (χ0) is 15.5. The summed E-state index contributed by atoms with van der Waals surface area (Å²) in [5.74, 6) is -0.915. The molecule has 0 aliphatic heterocycles. The summed E-state index contributed by atoms with van der Waals surface area (Å²) >= 11 is 0. The van der Waals surface area contributed by atoms with Gasteiger partial charge in [-0.15, -0.1) is 0 Å². The molecule has 1 aromatic heterocycles. The van der Waals surface area contributed by atoms with Gasteiger partial charge >= 0.3 is 6.18 Å². The van der Waals surface area contributed by atoms with Crippen molar-refractivity contribution >= 4 is 5.91 Å². The van der Waals surface area contributed by atoms with Gasteiger partial charge in [-0.2, -0.15) is 13.2 Å². The molecular formula is C14H16F3N2O2. The maximum Gasteiger partial charge on any atom is 0.422 e. The lowest BCUT2D eigenvalue weighted by atomic mass is 9.84. The summed E-state index contributed by atoms with van der Waals surface area (Å²) < 4.78 is 41.7. The van der Waals surface area contributed by atoms with Crippen LogP contribution >= 0.6 is 0 Å². The third kappa shape index (κ3) is 4.34. The highest BCUT2D eigenvalue weighted by molar-refractivity contribution is 5.90. The van der Waals surface area contributed by atoms with Crippen LogP contribution in [-0.2, 0) is 0 Å². The second-order valence-corrected chi connectivity index (χ2v) is 5.11. The molecule has 0 bridgehead atoms. The molecule has 1 aliphatic carbocycles. The van der Waals surface area contributed by atoms with Crippen molar-refractivity contribution in [2.24, 2.45) is 5.73 Å². The van der Waals surface area contributed by atoms with Crippen LogP contribution in [0.1, 0.15) is 54.1 Å². The molecule has 1 radical (unpaired) electrons. The number of carbonyl (C=O) groups excluding carboxylic acids is 1. The van der Waals surface area contributed by atoms with Crippen LogP contribution in [0.3, 0.4) is 0 Å². The average molecular weight is 301 g/mol. The number of halogens is 3. The fraction of sp³-hybridized carbons (Fsp3) is 0.571. The average Bonchev–Trinajstić information content (AvgIpc) is 2.45. The van der Waals surface area contributed by atoms with Crippen LogP contribution in [0.4, 0.5) is 13.2 Å². The number of hydrogen-bond acceptors (Lipinski definition) is 3. The molecule has 0 aromatic carbocycles. The zero-order valence-electron chi connectivity index (χ0n) is 11.4. The summed E-state index contributed by atoms with van der Waals surface area (Å²) in [4.78, 5) is 14.9. The SMILES string of the molecule is NC(=O)c1[c]cc(C2CCCCC2)c(OCC(F)(F)F)n1. The zero-order valence-corrected chi connectivity index (χ0v) is 11.4. The predicted molar refractivity (Wildman–Crippen MR) is 69.0 cm³/mol. The molecule has 0 spiro atoms. The number of rotatable bonds is 4. The van der Waals surface area contributed by atoms with E-state index in [-0.39, 0.29) is 17.5 Å². The van der Waals surface area contributed by atoms with Crippen LogP contribution in [0.25, 0.3) is 0 Å². The van der Waals surface area contributed by atoms with E-state index in [1.807, 2.05) is 0 Å². The second-order valence-electron chi connectivity index (χ2n) is 5.11. The molecule has 7 heteroatoms. The summed E-state index contributed by atoms with van der Waals surface area (Å²) in [6.07, 6.45) is 0.424. The molecule has 1 amide bonds. The van der Waals surface area contributed by atoms with E-state index in [1.165, 1.54) is 6.07 Å². The number of hydrogen-bond donors (Lipinski definition) is 1. The Morgan fingerprint density at radius 1 is 1.38 bits per heavy atom. The third-order valence-electron chi connectivity index (χ3n) is 3.48. The number of alkyl halides is 3. The van der Waals surface area contributed by atoms with Crippen molar-refractivity contribution in [2.75, 3.05) is 6.61 Å². The van der Waals surface area contributed by atoms with E-state index in [0.29, 0.717) is 5.56 Å². The lowest BCUT2D eigenvalue weighted by Gasteiger charge is -2.23. The van der Waals surface area contributed by atoms with Crippen LogP contribution in [0.5, 0.6) is 5.88 Å². The maximum absolute atomic E-state index is 12.3. The minimum absolute atomic E-state index is 0.0904. The summed E-state index contributed by atoms with van der Waals surface area (Å²) in [5.41, 5.74) is 5.44. The first kappa shape index (κ1) is 15.6. The molecule has 115 valence electrons. The smallest absolute Gasteiger partial charge is 0.422 e. The summed E-state index contributed by atoms with van der Waals surface area (Å²) in [6.45, 7) is -1.44. The number of aromatic nitrogens is 1. The summed E-state index contributed by atoms with van der Waals surface area (Å²) in [6, 6.07) is 4.11. The number of nitrogens with zero attached hydrogens (tertiary/aromatic N) is 1. The minimum atomic E-state index is -4.46. The second kappa shape index (κ2) is 6.32. The number of amides is 1. The largest absolute Gasteiger partial charge is 0.468 e. The van der Waals surface area contributed by atoms with Gasteiger partial charge in [0.1, 0.15) is 5.69 Å². The fourth-order valence-corrected chi connectivity index (χ4v) is 2.50. The molecule has 2 N–H and O–H groups in total. The van der Waals surface area contributed by atoms with Gasteiger partial charge in [0.2, 0.25) is 5.88 Å². The Labute approximate surface area is 120 Å². The molecule has 1 aromatic rings. The Hall–Kier alpha value is -1.79. The molecule has 1 aliphatic rings. The van der Waals surface area contributed by atoms with Crippen LogP contribution in [0.15, 0.2) is 6.07 Å². The molecule has 21 heavy (non-hydrogen) atoms. The Morgan fingerprint density at radius 2 is 2.05 bits per heavy atom. The van der Waals surface area contributed by atoms with Crippen molar-refractivity contribution in [1.82, 2.24) is 4.98 Å². The van der Waals surface area contributed by atoms with Gasteiger partial charge in [-0.05, 0) is 24.8 Å². The summed E-state index contributed by atoms with van der Waals surface area (Å²) in [5, 5.41) is 0.